The van der Waals surface area contributed by atoms with Crippen LogP contribution in [0.15, 0.2) is 25.9 Å². The van der Waals surface area contributed by atoms with Gasteiger partial charge in [-0.15, -0.1) is 0 Å². The second-order valence-corrected chi connectivity index (χ2v) is 6.75. The van der Waals surface area contributed by atoms with Crippen LogP contribution in [0.1, 0.15) is 12.7 Å². The number of halogens is 1. The van der Waals surface area contributed by atoms with Crippen LogP contribution in [0.2, 0.25) is 0 Å². The summed E-state index contributed by atoms with van der Waals surface area (Å²) in [6.45, 7) is 4.14. The quantitative estimate of drug-likeness (QED) is 0.858. The van der Waals surface area contributed by atoms with E-state index in [1.54, 1.807) is 19.3 Å². The topological polar surface area (TPSA) is 78.9 Å². The molecule has 23 heavy (non-hydrogen) atoms. The number of furan rings is 1. The van der Waals surface area contributed by atoms with Gasteiger partial charge in [-0.25, -0.2) is 4.79 Å². The molecular weight excluding hydrogens is 366 g/mol. The Labute approximate surface area is 141 Å². The monoisotopic (exact) mass is 383 g/mol. The van der Waals surface area contributed by atoms with Gasteiger partial charge in [-0.1, -0.05) is 0 Å². The summed E-state index contributed by atoms with van der Waals surface area (Å²) >= 11 is 3.42. The molecule has 3 rings (SSSR count). The van der Waals surface area contributed by atoms with Gasteiger partial charge in [0.2, 0.25) is 0 Å². The summed E-state index contributed by atoms with van der Waals surface area (Å²) in [7, 11) is 1.70. The fourth-order valence-electron chi connectivity index (χ4n) is 2.94. The number of hydrogen-bond acceptors (Lipinski definition) is 4. The maximum atomic E-state index is 12.2. The molecule has 1 aliphatic heterocycles. The smallest absolute Gasteiger partial charge is 0.407 e. The summed E-state index contributed by atoms with van der Waals surface area (Å²) in [5.41, 5.74) is 0.460. The standard InChI is InChI=1S/C15H18BrN3O4/c1-9-6-19(15(21)22)4-3-18(9)7-10-5-11-13(23-10)12(16)8-17(2)14(11)20/h5,8-9H,3-4,6-7H2,1-2H3,(H,21,22). The van der Waals surface area contributed by atoms with E-state index in [0.29, 0.717) is 42.9 Å². The highest BCUT2D eigenvalue weighted by Crippen LogP contribution is 2.26. The van der Waals surface area contributed by atoms with Gasteiger partial charge in [0, 0.05) is 38.9 Å². The minimum atomic E-state index is -0.882. The number of aryl methyl sites for hydroxylation is 1. The molecule has 3 heterocycles. The molecule has 8 heteroatoms. The van der Waals surface area contributed by atoms with Gasteiger partial charge in [-0.2, -0.15) is 0 Å². The van der Waals surface area contributed by atoms with E-state index < -0.39 is 6.09 Å². The summed E-state index contributed by atoms with van der Waals surface area (Å²) in [6.07, 6.45) is 0.805. The van der Waals surface area contributed by atoms with Crippen LogP contribution in [0.25, 0.3) is 11.0 Å². The second kappa shape index (κ2) is 6.01. The minimum Gasteiger partial charge on any atom is -0.465 e. The molecule has 0 spiro atoms. The lowest BCUT2D eigenvalue weighted by atomic mass is 10.2. The van der Waals surface area contributed by atoms with E-state index in [9.17, 15) is 9.59 Å². The molecule has 7 nitrogen and oxygen atoms in total. The SMILES string of the molecule is CC1CN(C(=O)O)CCN1Cc1cc2c(=O)n(C)cc(Br)c2o1. The molecule has 0 radical (unpaired) electrons. The maximum absolute atomic E-state index is 12.2. The van der Waals surface area contributed by atoms with Crippen molar-refractivity contribution in [3.05, 3.63) is 32.8 Å². The van der Waals surface area contributed by atoms with Crippen molar-refractivity contribution in [2.75, 3.05) is 19.6 Å². The third-order valence-corrected chi connectivity index (χ3v) is 4.82. The Morgan fingerprint density at radius 1 is 1.48 bits per heavy atom. The summed E-state index contributed by atoms with van der Waals surface area (Å²) in [5, 5.41) is 9.61. The zero-order valence-electron chi connectivity index (χ0n) is 13.0. The summed E-state index contributed by atoms with van der Waals surface area (Å²) in [5.74, 6) is 0.708. The van der Waals surface area contributed by atoms with Gasteiger partial charge in [0.25, 0.3) is 5.56 Å². The number of rotatable bonds is 2. The second-order valence-electron chi connectivity index (χ2n) is 5.90. The highest BCUT2D eigenvalue weighted by atomic mass is 79.9. The molecule has 0 saturated carbocycles. The van der Waals surface area contributed by atoms with Crippen LogP contribution in [0, 0.1) is 0 Å². The first-order valence-electron chi connectivity index (χ1n) is 7.36. The Bertz CT molecular complexity index is 813. The van der Waals surface area contributed by atoms with Gasteiger partial charge in [0.15, 0.2) is 5.58 Å². The van der Waals surface area contributed by atoms with Gasteiger partial charge in [-0.3, -0.25) is 9.69 Å². The molecule has 1 amide bonds. The van der Waals surface area contributed by atoms with Crippen LogP contribution < -0.4 is 5.56 Å². The number of carboxylic acid groups (broad SMARTS) is 1. The number of hydrogen-bond donors (Lipinski definition) is 1. The highest BCUT2D eigenvalue weighted by Gasteiger charge is 2.27. The van der Waals surface area contributed by atoms with E-state index in [1.165, 1.54) is 9.47 Å². The number of fused-ring (bicyclic) bond motifs is 1. The van der Waals surface area contributed by atoms with E-state index in [4.69, 9.17) is 9.52 Å². The summed E-state index contributed by atoms with van der Waals surface area (Å²) in [6, 6.07) is 1.87. The Morgan fingerprint density at radius 3 is 2.87 bits per heavy atom. The zero-order valence-corrected chi connectivity index (χ0v) is 14.5. The van der Waals surface area contributed by atoms with Gasteiger partial charge in [0.05, 0.1) is 16.4 Å². The molecule has 1 atom stereocenters. The molecule has 1 aliphatic rings. The van der Waals surface area contributed by atoms with E-state index in [1.807, 2.05) is 6.92 Å². The number of carbonyl (C=O) groups is 1. The van der Waals surface area contributed by atoms with Crippen molar-refractivity contribution in [3.8, 4) is 0 Å². The Hall–Kier alpha value is -1.80. The van der Waals surface area contributed by atoms with Crippen molar-refractivity contribution in [2.24, 2.45) is 7.05 Å². The molecular formula is C15H18BrN3O4. The van der Waals surface area contributed by atoms with Crippen molar-refractivity contribution >= 4 is 33.0 Å². The molecule has 124 valence electrons. The fraction of sp³-hybridized carbons (Fsp3) is 0.467. The van der Waals surface area contributed by atoms with Crippen LogP contribution in [-0.4, -0.2) is 51.2 Å². The number of pyridine rings is 1. The molecule has 0 aliphatic carbocycles. The van der Waals surface area contributed by atoms with Gasteiger partial charge in [0.1, 0.15) is 5.76 Å². The Balaban J connectivity index is 1.83. The van der Waals surface area contributed by atoms with Crippen molar-refractivity contribution < 1.29 is 14.3 Å². The van der Waals surface area contributed by atoms with E-state index in [2.05, 4.69) is 20.8 Å². The van der Waals surface area contributed by atoms with Crippen molar-refractivity contribution in [3.63, 3.8) is 0 Å². The third kappa shape index (κ3) is 3.00. The molecule has 1 saturated heterocycles. The van der Waals surface area contributed by atoms with Crippen LogP contribution in [0.4, 0.5) is 4.79 Å². The van der Waals surface area contributed by atoms with Crippen LogP contribution in [0.3, 0.4) is 0 Å². The summed E-state index contributed by atoms with van der Waals surface area (Å²) in [4.78, 5) is 26.8. The first kappa shape index (κ1) is 16.1. The maximum Gasteiger partial charge on any atom is 0.407 e. The van der Waals surface area contributed by atoms with Crippen LogP contribution in [0.5, 0.6) is 0 Å². The molecule has 0 aromatic carbocycles. The largest absolute Gasteiger partial charge is 0.465 e. The van der Waals surface area contributed by atoms with Crippen molar-refractivity contribution in [2.45, 2.75) is 19.5 Å². The number of amides is 1. The predicted octanol–water partition coefficient (Wildman–Crippen LogP) is 2.08. The third-order valence-electron chi connectivity index (χ3n) is 4.25. The normalized spacial score (nSPS) is 19.4. The van der Waals surface area contributed by atoms with E-state index in [0.717, 1.165) is 4.47 Å². The lowest BCUT2D eigenvalue weighted by molar-refractivity contribution is 0.0677. The van der Waals surface area contributed by atoms with Crippen molar-refractivity contribution in [1.82, 2.24) is 14.4 Å². The first-order valence-corrected chi connectivity index (χ1v) is 8.15. The average Bonchev–Trinajstić information content (AvgIpc) is 2.91. The van der Waals surface area contributed by atoms with E-state index in [-0.39, 0.29) is 11.6 Å². The van der Waals surface area contributed by atoms with Crippen LogP contribution >= 0.6 is 15.9 Å². The molecule has 0 bridgehead atoms. The lowest BCUT2D eigenvalue weighted by Gasteiger charge is -2.38. The lowest BCUT2D eigenvalue weighted by Crippen LogP contribution is -2.52. The number of nitrogens with zero attached hydrogens (tertiary/aromatic N) is 3. The number of aromatic nitrogens is 1. The van der Waals surface area contributed by atoms with Gasteiger partial charge < -0.3 is 19.0 Å². The van der Waals surface area contributed by atoms with Crippen molar-refractivity contribution in [1.29, 1.82) is 0 Å². The Kier molecular flexibility index (Phi) is 4.20. The summed E-state index contributed by atoms with van der Waals surface area (Å²) < 4.78 is 8.08. The average molecular weight is 384 g/mol. The first-order chi connectivity index (χ1) is 10.9. The molecule has 1 N–H and O–H groups in total. The molecule has 1 fully saturated rings. The van der Waals surface area contributed by atoms with Gasteiger partial charge >= 0.3 is 6.09 Å². The highest BCUT2D eigenvalue weighted by molar-refractivity contribution is 9.10. The molecule has 2 aromatic rings. The molecule has 1 unspecified atom stereocenters. The molecule has 2 aromatic heterocycles. The zero-order chi connectivity index (χ0) is 16.7. The van der Waals surface area contributed by atoms with Gasteiger partial charge in [-0.05, 0) is 28.9 Å². The predicted molar refractivity (Wildman–Crippen MR) is 88.6 cm³/mol. The number of piperazine rings is 1. The fourth-order valence-corrected chi connectivity index (χ4v) is 3.54. The van der Waals surface area contributed by atoms with Crippen LogP contribution in [-0.2, 0) is 13.6 Å². The minimum absolute atomic E-state index is 0.0954. The Morgan fingerprint density at radius 2 is 2.22 bits per heavy atom. The van der Waals surface area contributed by atoms with E-state index >= 15 is 0 Å².